The van der Waals surface area contributed by atoms with E-state index >= 15 is 0 Å². The summed E-state index contributed by atoms with van der Waals surface area (Å²) in [5, 5.41) is 0. The van der Waals surface area contributed by atoms with E-state index < -0.39 is 0 Å². The van der Waals surface area contributed by atoms with Crippen molar-refractivity contribution in [2.24, 2.45) is 0 Å². The molecular weight excluding hydrogens is 398 g/mol. The van der Waals surface area contributed by atoms with E-state index in [1.807, 2.05) is 12.1 Å². The summed E-state index contributed by atoms with van der Waals surface area (Å²) in [5.74, 6) is -0.0487. The van der Waals surface area contributed by atoms with E-state index in [0.29, 0.717) is 13.2 Å². The average molecular weight is 439 g/mol. The molecule has 0 spiro atoms. The second-order valence-electron chi connectivity index (χ2n) is 9.41. The molecule has 2 aromatic carbocycles. The van der Waals surface area contributed by atoms with Crippen molar-refractivity contribution in [1.29, 1.82) is 0 Å². The Morgan fingerprint density at radius 1 is 0.906 bits per heavy atom. The van der Waals surface area contributed by atoms with Crippen molar-refractivity contribution in [3.63, 3.8) is 0 Å². The first kappa shape index (κ1) is 24.5. The molecule has 0 atom stereocenters. The first-order chi connectivity index (χ1) is 15.6. The Hall–Kier alpha value is -2.17. The van der Waals surface area contributed by atoms with Crippen LogP contribution >= 0.6 is 0 Å². The summed E-state index contributed by atoms with van der Waals surface area (Å²) < 4.78 is 13.1. The van der Waals surface area contributed by atoms with Crippen LogP contribution in [0.25, 0.3) is 0 Å². The number of ether oxygens (including phenoxy) is 2. The minimum absolute atomic E-state index is 0.0487. The Labute approximate surface area is 194 Å². The molecule has 1 saturated heterocycles. The third kappa shape index (κ3) is 7.75. The van der Waals surface area contributed by atoms with Gasteiger partial charge in [-0.25, -0.2) is 0 Å². The summed E-state index contributed by atoms with van der Waals surface area (Å²) in [6, 6.07) is 20.9. The fourth-order valence-corrected chi connectivity index (χ4v) is 4.40. The number of carbonyl (C=O) groups excluding carboxylic acids is 1. The Morgan fingerprint density at radius 2 is 1.47 bits per heavy atom. The van der Waals surface area contributed by atoms with Gasteiger partial charge in [-0.3, -0.25) is 9.28 Å². The SMILES string of the molecule is CCCCCCCC(=O)OC[N+]1(C)CCC(OC(c2ccccc2)c2ccccc2)CC1. The molecule has 0 N–H and O–H groups in total. The van der Waals surface area contributed by atoms with Gasteiger partial charge in [-0.2, -0.15) is 0 Å². The largest absolute Gasteiger partial charge is 0.415 e. The van der Waals surface area contributed by atoms with Crippen molar-refractivity contribution in [2.75, 3.05) is 26.9 Å². The van der Waals surface area contributed by atoms with Crippen molar-refractivity contribution in [3.8, 4) is 0 Å². The highest BCUT2D eigenvalue weighted by Gasteiger charge is 2.33. The van der Waals surface area contributed by atoms with E-state index in [2.05, 4.69) is 62.5 Å². The second kappa shape index (κ2) is 12.8. The molecule has 1 aliphatic rings. The molecule has 3 rings (SSSR count). The summed E-state index contributed by atoms with van der Waals surface area (Å²) >= 11 is 0. The molecule has 1 aliphatic heterocycles. The topological polar surface area (TPSA) is 35.5 Å². The molecule has 0 amide bonds. The van der Waals surface area contributed by atoms with Crippen LogP contribution in [0.3, 0.4) is 0 Å². The van der Waals surface area contributed by atoms with Gasteiger partial charge in [-0.05, 0) is 17.5 Å². The number of rotatable bonds is 12. The van der Waals surface area contributed by atoms with E-state index in [1.54, 1.807) is 0 Å². The van der Waals surface area contributed by atoms with Crippen molar-refractivity contribution in [1.82, 2.24) is 0 Å². The fraction of sp³-hybridized carbons (Fsp3) is 0.536. The van der Waals surface area contributed by atoms with Crippen LogP contribution in [0.5, 0.6) is 0 Å². The molecule has 2 aromatic rings. The number of nitrogens with zero attached hydrogens (tertiary/aromatic N) is 1. The summed E-state index contributed by atoms with van der Waals surface area (Å²) in [6.07, 6.45) is 8.41. The fourth-order valence-electron chi connectivity index (χ4n) is 4.40. The van der Waals surface area contributed by atoms with Crippen LogP contribution in [-0.2, 0) is 14.3 Å². The predicted molar refractivity (Wildman–Crippen MR) is 129 cm³/mol. The minimum atomic E-state index is -0.0511. The molecule has 0 unspecified atom stereocenters. The Bertz CT molecular complexity index is 745. The van der Waals surface area contributed by atoms with Gasteiger partial charge < -0.3 is 9.47 Å². The lowest BCUT2D eigenvalue weighted by molar-refractivity contribution is -0.931. The molecule has 1 heterocycles. The quantitative estimate of drug-likeness (QED) is 0.223. The van der Waals surface area contributed by atoms with Gasteiger partial charge in [-0.15, -0.1) is 0 Å². The number of carbonyl (C=O) groups is 1. The first-order valence-electron chi connectivity index (χ1n) is 12.3. The summed E-state index contributed by atoms with van der Waals surface area (Å²) in [5.41, 5.74) is 2.38. The van der Waals surface area contributed by atoms with Crippen molar-refractivity contribution < 1.29 is 18.8 Å². The predicted octanol–water partition coefficient (Wildman–Crippen LogP) is 6.26. The number of hydrogen-bond donors (Lipinski definition) is 0. The van der Waals surface area contributed by atoms with Gasteiger partial charge in [0.2, 0.25) is 6.73 Å². The highest BCUT2D eigenvalue weighted by Crippen LogP contribution is 2.31. The van der Waals surface area contributed by atoms with Gasteiger partial charge in [-0.1, -0.05) is 93.3 Å². The van der Waals surface area contributed by atoms with Gasteiger partial charge in [0.05, 0.1) is 26.2 Å². The zero-order valence-electron chi connectivity index (χ0n) is 19.9. The van der Waals surface area contributed by atoms with Crippen LogP contribution in [0.15, 0.2) is 60.7 Å². The zero-order chi connectivity index (χ0) is 22.7. The van der Waals surface area contributed by atoms with E-state index in [-0.39, 0.29) is 18.2 Å². The van der Waals surface area contributed by atoms with Gasteiger partial charge >= 0.3 is 5.97 Å². The van der Waals surface area contributed by atoms with Crippen LogP contribution in [0.2, 0.25) is 0 Å². The van der Waals surface area contributed by atoms with Crippen LogP contribution in [0.4, 0.5) is 0 Å². The first-order valence-corrected chi connectivity index (χ1v) is 12.3. The van der Waals surface area contributed by atoms with Gasteiger partial charge in [0.1, 0.15) is 6.10 Å². The van der Waals surface area contributed by atoms with Crippen LogP contribution in [-0.4, -0.2) is 43.4 Å². The highest BCUT2D eigenvalue weighted by atomic mass is 16.5. The van der Waals surface area contributed by atoms with E-state index in [1.165, 1.54) is 30.4 Å². The van der Waals surface area contributed by atoms with Crippen molar-refractivity contribution in [2.45, 2.75) is 70.5 Å². The third-order valence-electron chi connectivity index (χ3n) is 6.54. The molecule has 0 aromatic heterocycles. The molecule has 4 nitrogen and oxygen atoms in total. The second-order valence-corrected chi connectivity index (χ2v) is 9.41. The summed E-state index contributed by atoms with van der Waals surface area (Å²) in [7, 11) is 2.19. The molecule has 4 heteroatoms. The maximum atomic E-state index is 12.1. The number of piperidine rings is 1. The van der Waals surface area contributed by atoms with Crippen molar-refractivity contribution in [3.05, 3.63) is 71.8 Å². The van der Waals surface area contributed by atoms with Crippen molar-refractivity contribution >= 4 is 5.97 Å². The molecular formula is C28H40NO3+. The molecule has 0 saturated carbocycles. The monoisotopic (exact) mass is 438 g/mol. The molecule has 0 aliphatic carbocycles. The van der Waals surface area contributed by atoms with Crippen LogP contribution < -0.4 is 0 Å². The number of unbranched alkanes of at least 4 members (excludes halogenated alkanes) is 4. The lowest BCUT2D eigenvalue weighted by Crippen LogP contribution is -2.52. The maximum absolute atomic E-state index is 12.1. The number of quaternary nitrogens is 1. The standard InChI is InChI=1S/C28H40NO3/c1-3-4-5-6-13-18-27(30)31-23-29(2)21-19-26(20-22-29)32-28(24-14-9-7-10-15-24)25-16-11-8-12-17-25/h7-12,14-17,26,28H,3-6,13,18-23H2,1-2H3/q+1. The van der Waals surface area contributed by atoms with Crippen LogP contribution in [0, 0.1) is 0 Å². The maximum Gasteiger partial charge on any atom is 0.310 e. The minimum Gasteiger partial charge on any atom is -0.415 e. The number of benzene rings is 2. The van der Waals surface area contributed by atoms with E-state index in [0.717, 1.165) is 43.3 Å². The highest BCUT2D eigenvalue weighted by molar-refractivity contribution is 5.69. The normalized spacial score (nSPS) is 20.9. The molecule has 0 radical (unpaired) electrons. The zero-order valence-corrected chi connectivity index (χ0v) is 19.9. The number of hydrogen-bond acceptors (Lipinski definition) is 3. The average Bonchev–Trinajstić information content (AvgIpc) is 2.83. The molecule has 32 heavy (non-hydrogen) atoms. The number of likely N-dealkylation sites (tertiary alicyclic amines) is 1. The van der Waals surface area contributed by atoms with Gasteiger partial charge in [0.25, 0.3) is 0 Å². The number of esters is 1. The van der Waals surface area contributed by atoms with Gasteiger partial charge in [0, 0.05) is 19.3 Å². The lowest BCUT2D eigenvalue weighted by Gasteiger charge is -2.40. The summed E-state index contributed by atoms with van der Waals surface area (Å²) in [6.45, 7) is 4.60. The van der Waals surface area contributed by atoms with E-state index in [4.69, 9.17) is 9.47 Å². The smallest absolute Gasteiger partial charge is 0.310 e. The van der Waals surface area contributed by atoms with E-state index in [9.17, 15) is 4.79 Å². The Kier molecular flexibility index (Phi) is 9.76. The van der Waals surface area contributed by atoms with Crippen LogP contribution in [0.1, 0.15) is 75.5 Å². The van der Waals surface area contributed by atoms with Gasteiger partial charge in [0.15, 0.2) is 0 Å². The Morgan fingerprint density at radius 3 is 2.03 bits per heavy atom. The molecule has 0 bridgehead atoms. The third-order valence-corrected chi connectivity index (χ3v) is 6.54. The lowest BCUT2D eigenvalue weighted by atomic mass is 10.00. The molecule has 1 fully saturated rings. The summed E-state index contributed by atoms with van der Waals surface area (Å²) in [4.78, 5) is 12.1. The molecule has 174 valence electrons. The Balaban J connectivity index is 1.47.